The largest absolute Gasteiger partial charge is 0.330 e. The van der Waals surface area contributed by atoms with E-state index in [1.807, 2.05) is 31.2 Å². The van der Waals surface area contributed by atoms with E-state index in [2.05, 4.69) is 15.2 Å². The Labute approximate surface area is 117 Å². The molecule has 0 radical (unpaired) electrons. The van der Waals surface area contributed by atoms with Gasteiger partial charge in [-0.15, -0.1) is 0 Å². The lowest BCUT2D eigenvalue weighted by Gasteiger charge is -2.17. The highest BCUT2D eigenvalue weighted by molar-refractivity contribution is 5.96. The highest BCUT2D eigenvalue weighted by Crippen LogP contribution is 2.27. The van der Waals surface area contributed by atoms with Crippen molar-refractivity contribution >= 4 is 11.6 Å². The van der Waals surface area contributed by atoms with Crippen LogP contribution in [0.2, 0.25) is 0 Å². The summed E-state index contributed by atoms with van der Waals surface area (Å²) < 4.78 is 0. The molecule has 0 bridgehead atoms. The summed E-state index contributed by atoms with van der Waals surface area (Å²) in [5, 5.41) is 6.97. The number of benzene rings is 1. The van der Waals surface area contributed by atoms with E-state index in [0.29, 0.717) is 25.3 Å². The number of anilines is 1. The SMILES string of the molecule is Cc1nc(-c2cccc(N3CC(CN)CC3=O)c2)n[nH]1. The zero-order valence-corrected chi connectivity index (χ0v) is 11.3. The van der Waals surface area contributed by atoms with Gasteiger partial charge in [0.25, 0.3) is 0 Å². The fourth-order valence-corrected chi connectivity index (χ4v) is 2.47. The molecule has 0 aliphatic carbocycles. The van der Waals surface area contributed by atoms with Gasteiger partial charge >= 0.3 is 0 Å². The number of nitrogens with two attached hydrogens (primary N) is 1. The quantitative estimate of drug-likeness (QED) is 0.874. The maximum Gasteiger partial charge on any atom is 0.227 e. The fourth-order valence-electron chi connectivity index (χ4n) is 2.47. The number of aryl methyl sites for hydroxylation is 1. The fraction of sp³-hybridized carbons (Fsp3) is 0.357. The lowest BCUT2D eigenvalue weighted by molar-refractivity contribution is -0.117. The molecule has 1 unspecified atom stereocenters. The van der Waals surface area contributed by atoms with Gasteiger partial charge in [-0.05, 0) is 31.5 Å². The van der Waals surface area contributed by atoms with Crippen molar-refractivity contribution in [2.45, 2.75) is 13.3 Å². The van der Waals surface area contributed by atoms with E-state index in [4.69, 9.17) is 5.73 Å². The molecule has 104 valence electrons. The molecule has 1 aromatic heterocycles. The summed E-state index contributed by atoms with van der Waals surface area (Å²) >= 11 is 0. The van der Waals surface area contributed by atoms with E-state index < -0.39 is 0 Å². The Kier molecular flexibility index (Phi) is 3.23. The van der Waals surface area contributed by atoms with E-state index in [0.717, 1.165) is 17.1 Å². The molecule has 1 fully saturated rings. The smallest absolute Gasteiger partial charge is 0.227 e. The Bertz CT molecular complexity index is 636. The Morgan fingerprint density at radius 3 is 3.00 bits per heavy atom. The number of H-pyrrole nitrogens is 1. The first-order valence-electron chi connectivity index (χ1n) is 6.67. The Balaban J connectivity index is 1.90. The number of carbonyl (C=O) groups excluding carboxylic acids is 1. The maximum absolute atomic E-state index is 12.0. The summed E-state index contributed by atoms with van der Waals surface area (Å²) in [5.74, 6) is 1.79. The maximum atomic E-state index is 12.0. The van der Waals surface area contributed by atoms with Crippen molar-refractivity contribution in [2.24, 2.45) is 11.7 Å². The van der Waals surface area contributed by atoms with Crippen LogP contribution in [-0.4, -0.2) is 34.2 Å². The molecule has 1 aliphatic heterocycles. The van der Waals surface area contributed by atoms with E-state index >= 15 is 0 Å². The predicted molar refractivity (Wildman–Crippen MR) is 76.1 cm³/mol. The van der Waals surface area contributed by atoms with Gasteiger partial charge in [-0.25, -0.2) is 4.98 Å². The van der Waals surface area contributed by atoms with E-state index in [-0.39, 0.29) is 11.8 Å². The van der Waals surface area contributed by atoms with Crippen molar-refractivity contribution in [2.75, 3.05) is 18.0 Å². The van der Waals surface area contributed by atoms with Crippen LogP contribution < -0.4 is 10.6 Å². The van der Waals surface area contributed by atoms with Crippen molar-refractivity contribution in [3.05, 3.63) is 30.1 Å². The van der Waals surface area contributed by atoms with Crippen molar-refractivity contribution in [3.8, 4) is 11.4 Å². The van der Waals surface area contributed by atoms with Gasteiger partial charge in [-0.3, -0.25) is 9.89 Å². The number of carbonyl (C=O) groups is 1. The number of rotatable bonds is 3. The average Bonchev–Trinajstić information content (AvgIpc) is 3.05. The summed E-state index contributed by atoms with van der Waals surface area (Å²) in [6.07, 6.45) is 0.528. The highest BCUT2D eigenvalue weighted by atomic mass is 16.2. The lowest BCUT2D eigenvalue weighted by atomic mass is 10.1. The summed E-state index contributed by atoms with van der Waals surface area (Å²) in [6.45, 7) is 3.09. The molecule has 3 N–H and O–H groups in total. The molecule has 3 rings (SSSR count). The van der Waals surface area contributed by atoms with Crippen LogP contribution in [0.15, 0.2) is 24.3 Å². The molecular formula is C14H17N5O. The molecule has 1 aromatic carbocycles. The van der Waals surface area contributed by atoms with Crippen LogP contribution in [0.4, 0.5) is 5.69 Å². The first kappa shape index (κ1) is 12.8. The van der Waals surface area contributed by atoms with Gasteiger partial charge in [0, 0.05) is 24.2 Å². The third-order valence-electron chi connectivity index (χ3n) is 3.55. The summed E-state index contributed by atoms with van der Waals surface area (Å²) in [7, 11) is 0. The highest BCUT2D eigenvalue weighted by Gasteiger charge is 2.29. The van der Waals surface area contributed by atoms with Crippen LogP contribution in [0, 0.1) is 12.8 Å². The minimum absolute atomic E-state index is 0.128. The van der Waals surface area contributed by atoms with Gasteiger partial charge in [-0.1, -0.05) is 12.1 Å². The monoisotopic (exact) mass is 271 g/mol. The second-order valence-electron chi connectivity index (χ2n) is 5.10. The van der Waals surface area contributed by atoms with Crippen molar-refractivity contribution < 1.29 is 4.79 Å². The number of hydrogen-bond donors (Lipinski definition) is 2. The number of hydrogen-bond acceptors (Lipinski definition) is 4. The van der Waals surface area contributed by atoms with Crippen molar-refractivity contribution in [1.82, 2.24) is 15.2 Å². The van der Waals surface area contributed by atoms with Gasteiger partial charge in [0.1, 0.15) is 5.82 Å². The van der Waals surface area contributed by atoms with E-state index in [1.165, 1.54) is 0 Å². The standard InChI is InChI=1S/C14H17N5O/c1-9-16-14(18-17-9)11-3-2-4-12(6-11)19-8-10(7-15)5-13(19)20/h2-4,6,10H,5,7-8,15H2,1H3,(H,16,17,18). The molecule has 6 heteroatoms. The van der Waals surface area contributed by atoms with Crippen LogP contribution in [0.25, 0.3) is 11.4 Å². The van der Waals surface area contributed by atoms with Crippen LogP contribution in [0.5, 0.6) is 0 Å². The summed E-state index contributed by atoms with van der Waals surface area (Å²) in [6, 6.07) is 7.73. The molecule has 1 atom stereocenters. The van der Waals surface area contributed by atoms with Gasteiger partial charge in [-0.2, -0.15) is 5.10 Å². The first-order valence-corrected chi connectivity index (χ1v) is 6.67. The number of aromatic nitrogens is 3. The normalized spacial score (nSPS) is 18.8. The minimum Gasteiger partial charge on any atom is -0.330 e. The van der Waals surface area contributed by atoms with Gasteiger partial charge in [0.15, 0.2) is 5.82 Å². The lowest BCUT2D eigenvalue weighted by Crippen LogP contribution is -2.25. The van der Waals surface area contributed by atoms with Crippen LogP contribution in [0.3, 0.4) is 0 Å². The topological polar surface area (TPSA) is 87.9 Å². The first-order chi connectivity index (χ1) is 9.67. The van der Waals surface area contributed by atoms with Crippen molar-refractivity contribution in [3.63, 3.8) is 0 Å². The van der Waals surface area contributed by atoms with E-state index in [9.17, 15) is 4.79 Å². The molecule has 1 saturated heterocycles. The Morgan fingerprint density at radius 1 is 1.50 bits per heavy atom. The zero-order valence-electron chi connectivity index (χ0n) is 11.3. The summed E-state index contributed by atoms with van der Waals surface area (Å²) in [5.41, 5.74) is 7.44. The number of nitrogens with zero attached hydrogens (tertiary/aromatic N) is 3. The zero-order chi connectivity index (χ0) is 14.1. The van der Waals surface area contributed by atoms with Crippen LogP contribution in [-0.2, 0) is 4.79 Å². The molecule has 2 heterocycles. The molecular weight excluding hydrogens is 254 g/mol. The molecule has 0 saturated carbocycles. The third-order valence-corrected chi connectivity index (χ3v) is 3.55. The minimum atomic E-state index is 0.128. The van der Waals surface area contributed by atoms with Gasteiger partial charge in [0.2, 0.25) is 5.91 Å². The van der Waals surface area contributed by atoms with Gasteiger partial charge < -0.3 is 10.6 Å². The Hall–Kier alpha value is -2.21. The van der Waals surface area contributed by atoms with Crippen LogP contribution in [0.1, 0.15) is 12.2 Å². The third kappa shape index (κ3) is 2.30. The molecule has 0 spiro atoms. The number of aromatic amines is 1. The average molecular weight is 271 g/mol. The van der Waals surface area contributed by atoms with Crippen molar-refractivity contribution in [1.29, 1.82) is 0 Å². The molecule has 20 heavy (non-hydrogen) atoms. The molecule has 1 aliphatic rings. The van der Waals surface area contributed by atoms with E-state index in [1.54, 1.807) is 4.90 Å². The second kappa shape index (κ2) is 5.05. The Morgan fingerprint density at radius 2 is 2.35 bits per heavy atom. The second-order valence-corrected chi connectivity index (χ2v) is 5.10. The summed E-state index contributed by atoms with van der Waals surface area (Å²) in [4.78, 5) is 18.1. The van der Waals surface area contributed by atoms with Crippen LogP contribution >= 0.6 is 0 Å². The van der Waals surface area contributed by atoms with Gasteiger partial charge in [0.05, 0.1) is 0 Å². The number of amides is 1. The molecule has 6 nitrogen and oxygen atoms in total. The predicted octanol–water partition coefficient (Wildman–Crippen LogP) is 1.09. The molecule has 1 amide bonds. The number of nitrogens with one attached hydrogen (secondary N) is 1. The molecule has 2 aromatic rings.